The average Bonchev–Trinajstić information content (AvgIpc) is 3.13. The number of benzene rings is 1. The van der Waals surface area contributed by atoms with Gasteiger partial charge in [0.15, 0.2) is 5.78 Å². The molecule has 20 heavy (non-hydrogen) atoms. The van der Waals surface area contributed by atoms with Gasteiger partial charge in [0, 0.05) is 30.8 Å². The lowest BCUT2D eigenvalue weighted by atomic mass is 10.0. The monoisotopic (exact) mass is 272 g/mol. The normalized spacial score (nSPS) is 18.8. The van der Waals surface area contributed by atoms with Crippen molar-refractivity contribution in [2.45, 2.75) is 45.2 Å². The molecule has 1 fully saturated rings. The zero-order chi connectivity index (χ0) is 14.3. The smallest absolute Gasteiger partial charge is 0.223 e. The number of rotatable bonds is 4. The molecule has 3 rings (SSSR count). The third kappa shape index (κ3) is 2.48. The highest BCUT2D eigenvalue weighted by atomic mass is 16.2. The molecule has 1 aromatic carbocycles. The highest BCUT2D eigenvalue weighted by Crippen LogP contribution is 2.29. The minimum absolute atomic E-state index is 0.0617. The summed E-state index contributed by atoms with van der Waals surface area (Å²) in [5.41, 5.74) is 2.80. The molecule has 0 saturated heterocycles. The first-order valence-corrected chi connectivity index (χ1v) is 7.27. The lowest BCUT2D eigenvalue weighted by Crippen LogP contribution is -2.35. The number of Topliss-reactive ketones (excluding diaryl/α,β-unsaturated/α-hetero) is 1. The number of ketones is 1. The predicted octanol–water partition coefficient (Wildman–Crippen LogP) is 1.92. The fraction of sp³-hybridized carbons (Fsp3) is 0.500. The van der Waals surface area contributed by atoms with Gasteiger partial charge < -0.3 is 10.2 Å². The summed E-state index contributed by atoms with van der Waals surface area (Å²) in [7, 11) is 0. The van der Waals surface area contributed by atoms with Crippen LogP contribution in [0.1, 0.15) is 42.6 Å². The molecule has 0 radical (unpaired) electrons. The van der Waals surface area contributed by atoms with E-state index in [4.69, 9.17) is 0 Å². The first-order valence-electron chi connectivity index (χ1n) is 7.27. The summed E-state index contributed by atoms with van der Waals surface area (Å²) >= 11 is 0. The molecule has 0 aromatic heterocycles. The van der Waals surface area contributed by atoms with Crippen molar-refractivity contribution in [1.29, 1.82) is 0 Å². The number of carbonyl (C=O) groups is 2. The largest absolute Gasteiger partial charge is 0.312 e. The molecule has 4 nitrogen and oxygen atoms in total. The number of anilines is 1. The molecule has 1 N–H and O–H groups in total. The molecule has 1 aliphatic carbocycles. The third-order valence-electron chi connectivity index (χ3n) is 4.10. The van der Waals surface area contributed by atoms with Crippen LogP contribution in [0.5, 0.6) is 0 Å². The second-order valence-corrected chi connectivity index (χ2v) is 5.79. The number of carbonyl (C=O) groups excluding carboxylic acids is 2. The Morgan fingerprint density at radius 2 is 2.10 bits per heavy atom. The summed E-state index contributed by atoms with van der Waals surface area (Å²) in [5, 5.41) is 3.33. The highest BCUT2D eigenvalue weighted by molar-refractivity contribution is 6.01. The second-order valence-electron chi connectivity index (χ2n) is 5.79. The van der Waals surface area contributed by atoms with E-state index < -0.39 is 0 Å². The molecule has 0 spiro atoms. The second kappa shape index (κ2) is 5.02. The lowest BCUT2D eigenvalue weighted by Gasteiger charge is -2.16. The van der Waals surface area contributed by atoms with Crippen LogP contribution < -0.4 is 10.2 Å². The minimum atomic E-state index is -0.133. The van der Waals surface area contributed by atoms with Gasteiger partial charge in [0.2, 0.25) is 5.91 Å². The van der Waals surface area contributed by atoms with E-state index in [-0.39, 0.29) is 17.7 Å². The molecule has 1 saturated carbocycles. The predicted molar refractivity (Wildman–Crippen MR) is 78.1 cm³/mol. The molecule has 2 aliphatic rings. The minimum Gasteiger partial charge on any atom is -0.312 e. The quantitative estimate of drug-likeness (QED) is 0.852. The van der Waals surface area contributed by atoms with E-state index in [1.54, 1.807) is 11.8 Å². The molecule has 1 aromatic rings. The molecular formula is C16H20N2O2. The van der Waals surface area contributed by atoms with Gasteiger partial charge in [-0.1, -0.05) is 0 Å². The van der Waals surface area contributed by atoms with E-state index in [1.165, 1.54) is 12.8 Å². The Bertz CT molecular complexity index is 564. The van der Waals surface area contributed by atoms with E-state index in [1.807, 2.05) is 25.1 Å². The fourth-order valence-corrected chi connectivity index (χ4v) is 2.81. The van der Waals surface area contributed by atoms with E-state index in [0.717, 1.165) is 29.8 Å². The molecule has 106 valence electrons. The molecular weight excluding hydrogens is 252 g/mol. The van der Waals surface area contributed by atoms with E-state index >= 15 is 0 Å². The van der Waals surface area contributed by atoms with Crippen molar-refractivity contribution >= 4 is 17.4 Å². The molecule has 1 heterocycles. The Kier molecular flexibility index (Phi) is 3.34. The highest BCUT2D eigenvalue weighted by Gasteiger charge is 2.27. The first-order chi connectivity index (χ1) is 9.56. The van der Waals surface area contributed by atoms with Crippen LogP contribution in [0.4, 0.5) is 5.69 Å². The number of amides is 1. The maximum atomic E-state index is 12.4. The average molecular weight is 272 g/mol. The van der Waals surface area contributed by atoms with Crippen molar-refractivity contribution in [2.75, 3.05) is 11.4 Å². The number of nitrogens with zero attached hydrogens (tertiary/aromatic N) is 1. The van der Waals surface area contributed by atoms with Crippen molar-refractivity contribution in [1.82, 2.24) is 5.32 Å². The lowest BCUT2D eigenvalue weighted by molar-refractivity contribution is -0.116. The van der Waals surface area contributed by atoms with Crippen molar-refractivity contribution in [3.63, 3.8) is 0 Å². The van der Waals surface area contributed by atoms with E-state index in [0.29, 0.717) is 6.04 Å². The number of hydrogen-bond acceptors (Lipinski definition) is 3. The standard InChI is InChI=1S/C16H20N2O2/c1-10(17-14-4-5-14)16(20)13-3-6-15-12(9-13)7-8-18(15)11(2)19/h3,6,9-10,14,17H,4-5,7-8H2,1-2H3. The Hall–Kier alpha value is -1.68. The van der Waals surface area contributed by atoms with Gasteiger partial charge in [-0.3, -0.25) is 9.59 Å². The van der Waals surface area contributed by atoms with E-state index in [9.17, 15) is 9.59 Å². The molecule has 1 atom stereocenters. The van der Waals surface area contributed by atoms with Crippen LogP contribution in [0.25, 0.3) is 0 Å². The number of hydrogen-bond donors (Lipinski definition) is 1. The SMILES string of the molecule is CC(=O)N1CCc2cc(C(=O)C(C)NC3CC3)ccc21. The number of fused-ring (bicyclic) bond motifs is 1. The topological polar surface area (TPSA) is 49.4 Å². The summed E-state index contributed by atoms with van der Waals surface area (Å²) in [6.07, 6.45) is 3.19. The van der Waals surface area contributed by atoms with Crippen molar-refractivity contribution in [3.05, 3.63) is 29.3 Å². The van der Waals surface area contributed by atoms with Crippen LogP contribution in [0.2, 0.25) is 0 Å². The van der Waals surface area contributed by atoms with Gasteiger partial charge in [-0.25, -0.2) is 0 Å². The first kappa shape index (κ1) is 13.3. The molecule has 4 heteroatoms. The summed E-state index contributed by atoms with van der Waals surface area (Å²) in [6, 6.07) is 6.09. The van der Waals surface area contributed by atoms with Gasteiger partial charge in [0.1, 0.15) is 0 Å². The van der Waals surface area contributed by atoms with Gasteiger partial charge in [0.25, 0.3) is 0 Å². The summed E-state index contributed by atoms with van der Waals surface area (Å²) in [5.74, 6) is 0.201. The summed E-state index contributed by atoms with van der Waals surface area (Å²) in [6.45, 7) is 4.23. The maximum Gasteiger partial charge on any atom is 0.223 e. The zero-order valence-electron chi connectivity index (χ0n) is 12.0. The van der Waals surface area contributed by atoms with Crippen LogP contribution in [0.3, 0.4) is 0 Å². The molecule has 0 bridgehead atoms. The van der Waals surface area contributed by atoms with Crippen LogP contribution in [0, 0.1) is 0 Å². The zero-order valence-corrected chi connectivity index (χ0v) is 12.0. The van der Waals surface area contributed by atoms with Crippen LogP contribution in [-0.2, 0) is 11.2 Å². The van der Waals surface area contributed by atoms with Crippen molar-refractivity contribution in [3.8, 4) is 0 Å². The van der Waals surface area contributed by atoms with Crippen LogP contribution in [-0.4, -0.2) is 30.3 Å². The van der Waals surface area contributed by atoms with Gasteiger partial charge in [0.05, 0.1) is 6.04 Å². The van der Waals surface area contributed by atoms with Gasteiger partial charge >= 0.3 is 0 Å². The van der Waals surface area contributed by atoms with Crippen LogP contribution >= 0.6 is 0 Å². The Morgan fingerprint density at radius 3 is 2.75 bits per heavy atom. The van der Waals surface area contributed by atoms with Crippen LogP contribution in [0.15, 0.2) is 18.2 Å². The Morgan fingerprint density at radius 1 is 1.35 bits per heavy atom. The maximum absolute atomic E-state index is 12.4. The summed E-state index contributed by atoms with van der Waals surface area (Å²) in [4.78, 5) is 25.7. The Balaban J connectivity index is 1.78. The number of nitrogens with one attached hydrogen (secondary N) is 1. The molecule has 1 unspecified atom stereocenters. The van der Waals surface area contributed by atoms with Crippen molar-refractivity contribution < 1.29 is 9.59 Å². The van der Waals surface area contributed by atoms with Gasteiger partial charge in [-0.15, -0.1) is 0 Å². The Labute approximate surface area is 119 Å². The molecule has 1 amide bonds. The third-order valence-corrected chi connectivity index (χ3v) is 4.10. The van der Waals surface area contributed by atoms with E-state index in [2.05, 4.69) is 5.32 Å². The fourth-order valence-electron chi connectivity index (χ4n) is 2.81. The van der Waals surface area contributed by atoms with Gasteiger partial charge in [-0.05, 0) is 49.9 Å². The van der Waals surface area contributed by atoms with Crippen molar-refractivity contribution in [2.24, 2.45) is 0 Å². The molecule has 1 aliphatic heterocycles. The van der Waals surface area contributed by atoms with Gasteiger partial charge in [-0.2, -0.15) is 0 Å². The summed E-state index contributed by atoms with van der Waals surface area (Å²) < 4.78 is 0.